The average molecular weight is 132 g/mol. The molecule has 0 rings (SSSR count). The van der Waals surface area contributed by atoms with Crippen LogP contribution in [-0.4, -0.2) is 0 Å². The quantitative estimate of drug-likeness (QED) is 0.454. The van der Waals surface area contributed by atoms with Crippen molar-refractivity contribution in [3.05, 3.63) is 11.1 Å². The molecule has 0 bridgehead atoms. The molecule has 38 valence electrons. The van der Waals surface area contributed by atoms with Crippen LogP contribution in [-0.2, 0) is 16.0 Å². The van der Waals surface area contributed by atoms with Crippen LogP contribution >= 0.6 is 0 Å². The van der Waals surface area contributed by atoms with Gasteiger partial charge in [0.15, 0.2) is 0 Å². The third-order valence-electron chi connectivity index (χ3n) is 0. The van der Waals surface area contributed by atoms with Gasteiger partial charge in [0.1, 0.15) is 0 Å². The van der Waals surface area contributed by atoms with Gasteiger partial charge in [-0.25, -0.2) is 5.26 Å². The van der Waals surface area contributed by atoms with Crippen LogP contribution in [0.2, 0.25) is 0 Å². The van der Waals surface area contributed by atoms with E-state index in [4.69, 9.17) is 5.26 Å². The molecule has 0 saturated heterocycles. The van der Waals surface area contributed by atoms with E-state index in [1.807, 2.05) is 0 Å². The van der Waals surface area contributed by atoms with Crippen LogP contribution in [0.3, 0.4) is 0 Å². The van der Waals surface area contributed by atoms with E-state index < -0.39 is 0 Å². The minimum absolute atomic E-state index is 0.729. The van der Waals surface area contributed by atoms with Crippen LogP contribution in [0.5, 0.6) is 0 Å². The zero-order valence-corrected chi connectivity index (χ0v) is 4.47. The number of rotatable bonds is 0. The molecule has 0 fully saturated rings. The second-order valence-electron chi connectivity index (χ2n) is 0.611. The molecule has 0 radical (unpaired) electrons. The van der Waals surface area contributed by atoms with E-state index in [1.54, 1.807) is 6.92 Å². The van der Waals surface area contributed by atoms with Gasteiger partial charge in [0, 0.05) is 6.57 Å². The molecule has 0 aliphatic heterocycles. The van der Waals surface area contributed by atoms with Gasteiger partial charge in [-0.05, 0) is 0 Å². The van der Waals surface area contributed by atoms with Crippen molar-refractivity contribution in [2.45, 2.75) is 6.92 Å². The van der Waals surface area contributed by atoms with E-state index >= 15 is 0 Å². The van der Waals surface area contributed by atoms with Crippen LogP contribution in [0.1, 0.15) is 6.92 Å². The molecule has 0 saturated carbocycles. The Labute approximate surface area is 46.5 Å². The number of nitriles is 1. The predicted molar refractivity (Wildman–Crippen MR) is 21.5 cm³/mol. The second kappa shape index (κ2) is 8.83. The normalized spacial score (nSPS) is 4.83. The average Bonchev–Trinajstić information content (AvgIpc) is 1.41. The van der Waals surface area contributed by atoms with Crippen LogP contribution in [0.4, 0.5) is 0 Å². The summed E-state index contributed by atoms with van der Waals surface area (Å²) >= 11 is 4.55. The number of hydrogen-bond donors (Lipinski definition) is 0. The molecule has 0 N–H and O–H groups in total. The molecular formula is C4H6CuN. The van der Waals surface area contributed by atoms with Gasteiger partial charge in [0.05, 0.1) is 0 Å². The van der Waals surface area contributed by atoms with Crippen molar-refractivity contribution in [3.8, 4) is 6.57 Å². The Balaban J connectivity index is 0. The van der Waals surface area contributed by atoms with Gasteiger partial charge in [0.2, 0.25) is 0 Å². The summed E-state index contributed by atoms with van der Waals surface area (Å²) in [5.41, 5.74) is 0. The van der Waals surface area contributed by atoms with Crippen molar-refractivity contribution in [1.82, 2.24) is 0 Å². The summed E-state index contributed by atoms with van der Waals surface area (Å²) in [6.45, 7) is 8.64. The standard InChI is InChI=1S/C3H5.CHN.Cu/c1-3-2;1-2;/h1H2,2H3;1H;. The fraction of sp³-hybridized carbons (Fsp3) is 0.250. The first-order valence-electron chi connectivity index (χ1n) is 1.26. The van der Waals surface area contributed by atoms with Gasteiger partial charge in [-0.15, -0.1) is 0 Å². The molecule has 0 aliphatic rings. The first-order valence-corrected chi connectivity index (χ1v) is 1.73. The van der Waals surface area contributed by atoms with E-state index in [2.05, 4.69) is 29.2 Å². The van der Waals surface area contributed by atoms with Gasteiger partial charge < -0.3 is 0 Å². The van der Waals surface area contributed by atoms with Gasteiger partial charge >= 0.3 is 34.0 Å². The summed E-state index contributed by atoms with van der Waals surface area (Å²) in [6.07, 6.45) is 0. The van der Waals surface area contributed by atoms with Gasteiger partial charge in [-0.2, -0.15) is 0 Å². The molecule has 0 spiro atoms. The molecule has 0 atom stereocenters. The third kappa shape index (κ3) is 452. The Morgan fingerprint density at radius 1 is 1.83 bits per heavy atom. The molecule has 0 aromatic heterocycles. The van der Waals surface area contributed by atoms with Crippen molar-refractivity contribution in [2.24, 2.45) is 0 Å². The first kappa shape index (κ1) is 9.23. The molecule has 1 nitrogen and oxygen atoms in total. The SMILES string of the molecule is C#N.C=[C](C)[Cu]. The molecular weight excluding hydrogens is 126 g/mol. The van der Waals surface area contributed by atoms with Crippen molar-refractivity contribution in [2.75, 3.05) is 0 Å². The fourth-order valence-corrected chi connectivity index (χ4v) is 0. The topological polar surface area (TPSA) is 23.8 Å². The number of allylic oxidation sites excluding steroid dienone is 1. The van der Waals surface area contributed by atoms with Crippen LogP contribution in [0, 0.1) is 11.8 Å². The summed E-state index contributed by atoms with van der Waals surface area (Å²) < 4.78 is 0.729. The van der Waals surface area contributed by atoms with Crippen molar-refractivity contribution in [1.29, 1.82) is 5.26 Å². The molecule has 0 amide bonds. The molecule has 2 heteroatoms. The Hall–Kier alpha value is -0.251. The number of hydrogen-bond acceptors (Lipinski definition) is 1. The van der Waals surface area contributed by atoms with E-state index in [-0.39, 0.29) is 0 Å². The van der Waals surface area contributed by atoms with Crippen LogP contribution in [0.25, 0.3) is 0 Å². The van der Waals surface area contributed by atoms with Gasteiger partial charge in [-0.3, -0.25) is 0 Å². The van der Waals surface area contributed by atoms with Gasteiger partial charge in [-0.1, -0.05) is 0 Å². The third-order valence-corrected chi connectivity index (χ3v) is 0. The maximum atomic E-state index is 6.50. The van der Waals surface area contributed by atoms with Crippen LogP contribution in [0.15, 0.2) is 11.1 Å². The molecule has 0 aromatic carbocycles. The Morgan fingerprint density at radius 2 is 1.83 bits per heavy atom. The Kier molecular flexibility index (Phi) is 13.6. The molecule has 0 aromatic rings. The van der Waals surface area contributed by atoms with E-state index in [0.29, 0.717) is 0 Å². The van der Waals surface area contributed by atoms with Crippen molar-refractivity contribution >= 4 is 0 Å². The summed E-state index contributed by atoms with van der Waals surface area (Å²) in [7, 11) is 0. The molecule has 6 heavy (non-hydrogen) atoms. The van der Waals surface area contributed by atoms with Crippen molar-refractivity contribution < 1.29 is 16.0 Å². The van der Waals surface area contributed by atoms with Crippen LogP contribution < -0.4 is 0 Å². The van der Waals surface area contributed by atoms with E-state index in [9.17, 15) is 0 Å². The van der Waals surface area contributed by atoms with Crippen molar-refractivity contribution in [3.63, 3.8) is 0 Å². The van der Waals surface area contributed by atoms with Gasteiger partial charge in [0.25, 0.3) is 0 Å². The summed E-state index contributed by atoms with van der Waals surface area (Å²) in [4.78, 5) is 0. The predicted octanol–water partition coefficient (Wildman–Crippen LogP) is 1.21. The van der Waals surface area contributed by atoms with E-state index in [1.165, 1.54) is 0 Å². The second-order valence-corrected chi connectivity index (χ2v) is 1.41. The monoisotopic (exact) mass is 131 g/mol. The van der Waals surface area contributed by atoms with E-state index in [0.717, 1.165) is 4.47 Å². The summed E-state index contributed by atoms with van der Waals surface area (Å²) in [5.74, 6) is 0. The maximum absolute atomic E-state index is 6.50. The fourth-order valence-electron chi connectivity index (χ4n) is 0. The molecule has 0 unspecified atom stereocenters. The minimum atomic E-state index is 0.729. The molecule has 0 heterocycles. The number of nitrogens with zero attached hydrogens (tertiary/aromatic N) is 1. The summed E-state index contributed by atoms with van der Waals surface area (Å²) in [6, 6.07) is 0. The summed E-state index contributed by atoms with van der Waals surface area (Å²) in [5, 5.41) is 6.50. The first-order chi connectivity index (χ1) is 2.73. The zero-order chi connectivity index (χ0) is 5.58. The Morgan fingerprint density at radius 3 is 1.83 bits per heavy atom. The Bertz CT molecular complexity index is 51.8. The molecule has 0 aliphatic carbocycles. The zero-order valence-electron chi connectivity index (χ0n) is 3.53.